The Morgan fingerprint density at radius 2 is 2.21 bits per heavy atom. The van der Waals surface area contributed by atoms with E-state index in [4.69, 9.17) is 5.73 Å². The van der Waals surface area contributed by atoms with Crippen molar-refractivity contribution < 1.29 is 9.18 Å². The van der Waals surface area contributed by atoms with Crippen molar-refractivity contribution in [2.75, 3.05) is 11.1 Å². The number of carbonyl (C=O) groups excluding carboxylic acids is 1. The Labute approximate surface area is 113 Å². The van der Waals surface area contributed by atoms with Gasteiger partial charge in [-0.15, -0.1) is 11.3 Å². The average molecular weight is 277 g/mol. The fourth-order valence-corrected chi connectivity index (χ4v) is 3.01. The SMILES string of the molecule is Cc1sc(N)nc1-c1cc(F)cc2c1NC(=O)CC2. The van der Waals surface area contributed by atoms with Gasteiger partial charge in [0.05, 0.1) is 11.4 Å². The molecule has 1 amide bonds. The third kappa shape index (κ3) is 2.08. The van der Waals surface area contributed by atoms with Gasteiger partial charge in [0.25, 0.3) is 0 Å². The molecule has 0 unspecified atom stereocenters. The first kappa shape index (κ1) is 12.1. The van der Waals surface area contributed by atoms with Crippen LogP contribution in [0.5, 0.6) is 0 Å². The maximum atomic E-state index is 13.7. The number of aromatic nitrogens is 1. The molecule has 0 saturated carbocycles. The number of nitrogens with zero attached hydrogens (tertiary/aromatic N) is 1. The molecule has 0 bridgehead atoms. The van der Waals surface area contributed by atoms with Crippen molar-refractivity contribution in [3.05, 3.63) is 28.4 Å². The number of rotatable bonds is 1. The molecule has 0 spiro atoms. The zero-order chi connectivity index (χ0) is 13.6. The molecule has 0 atom stereocenters. The van der Waals surface area contributed by atoms with E-state index in [1.54, 1.807) is 0 Å². The lowest BCUT2D eigenvalue weighted by atomic mass is 9.97. The molecule has 4 nitrogen and oxygen atoms in total. The highest BCUT2D eigenvalue weighted by Crippen LogP contribution is 2.38. The molecule has 0 saturated heterocycles. The lowest BCUT2D eigenvalue weighted by molar-refractivity contribution is -0.116. The van der Waals surface area contributed by atoms with E-state index in [9.17, 15) is 9.18 Å². The van der Waals surface area contributed by atoms with Gasteiger partial charge in [0, 0.05) is 16.9 Å². The molecule has 0 aliphatic carbocycles. The summed E-state index contributed by atoms with van der Waals surface area (Å²) >= 11 is 1.35. The lowest BCUT2D eigenvalue weighted by Crippen LogP contribution is -2.20. The summed E-state index contributed by atoms with van der Waals surface area (Å²) in [5, 5.41) is 3.25. The van der Waals surface area contributed by atoms with Gasteiger partial charge in [-0.2, -0.15) is 0 Å². The minimum atomic E-state index is -0.323. The summed E-state index contributed by atoms with van der Waals surface area (Å²) in [7, 11) is 0. The fraction of sp³-hybridized carbons (Fsp3) is 0.231. The van der Waals surface area contributed by atoms with Crippen molar-refractivity contribution >= 4 is 28.1 Å². The summed E-state index contributed by atoms with van der Waals surface area (Å²) in [4.78, 5) is 16.7. The van der Waals surface area contributed by atoms with E-state index >= 15 is 0 Å². The molecule has 1 aromatic heterocycles. The Kier molecular flexibility index (Phi) is 2.74. The van der Waals surface area contributed by atoms with Crippen LogP contribution in [0.1, 0.15) is 16.9 Å². The number of carbonyl (C=O) groups is 1. The van der Waals surface area contributed by atoms with Crippen LogP contribution < -0.4 is 11.1 Å². The molecule has 3 N–H and O–H groups in total. The van der Waals surface area contributed by atoms with Crippen molar-refractivity contribution in [1.82, 2.24) is 4.98 Å². The van der Waals surface area contributed by atoms with Gasteiger partial charge in [-0.05, 0) is 31.0 Å². The molecule has 19 heavy (non-hydrogen) atoms. The van der Waals surface area contributed by atoms with Crippen LogP contribution in [0, 0.1) is 12.7 Å². The van der Waals surface area contributed by atoms with Gasteiger partial charge >= 0.3 is 0 Å². The first-order valence-corrected chi connectivity index (χ1v) is 6.72. The van der Waals surface area contributed by atoms with Crippen LogP contribution in [0.15, 0.2) is 12.1 Å². The average Bonchev–Trinajstić information content (AvgIpc) is 2.68. The molecule has 1 aliphatic rings. The normalized spacial score (nSPS) is 14.1. The number of benzene rings is 1. The Balaban J connectivity index is 2.23. The van der Waals surface area contributed by atoms with Crippen molar-refractivity contribution in [2.24, 2.45) is 0 Å². The molecule has 2 heterocycles. The molecule has 98 valence electrons. The molecule has 3 rings (SSSR count). The van der Waals surface area contributed by atoms with Crippen LogP contribution in [-0.4, -0.2) is 10.9 Å². The van der Waals surface area contributed by atoms with E-state index < -0.39 is 0 Å². The van der Waals surface area contributed by atoms with E-state index in [2.05, 4.69) is 10.3 Å². The number of fused-ring (bicyclic) bond motifs is 1. The zero-order valence-corrected chi connectivity index (χ0v) is 11.1. The van der Waals surface area contributed by atoms with Gasteiger partial charge in [0.15, 0.2) is 5.13 Å². The third-order valence-electron chi connectivity index (χ3n) is 3.14. The van der Waals surface area contributed by atoms with Gasteiger partial charge in [0.2, 0.25) is 5.91 Å². The maximum Gasteiger partial charge on any atom is 0.224 e. The van der Waals surface area contributed by atoms with E-state index in [1.165, 1.54) is 23.5 Å². The van der Waals surface area contributed by atoms with Crippen LogP contribution in [0.25, 0.3) is 11.3 Å². The van der Waals surface area contributed by atoms with Gasteiger partial charge in [-0.25, -0.2) is 9.37 Å². The second kappa shape index (κ2) is 4.31. The number of nitrogen functional groups attached to an aromatic ring is 1. The highest BCUT2D eigenvalue weighted by Gasteiger charge is 2.22. The summed E-state index contributed by atoms with van der Waals surface area (Å²) in [5.74, 6) is -0.378. The summed E-state index contributed by atoms with van der Waals surface area (Å²) in [6, 6.07) is 2.86. The molecular formula is C13H12FN3OS. The largest absolute Gasteiger partial charge is 0.375 e. The summed E-state index contributed by atoms with van der Waals surface area (Å²) in [5.41, 5.74) is 8.39. The number of thiazole rings is 1. The van der Waals surface area contributed by atoms with E-state index in [1.807, 2.05) is 6.92 Å². The Morgan fingerprint density at radius 3 is 2.89 bits per heavy atom. The molecule has 6 heteroatoms. The van der Waals surface area contributed by atoms with Crippen LogP contribution >= 0.6 is 11.3 Å². The second-order valence-corrected chi connectivity index (χ2v) is 5.73. The number of halogens is 1. The molecule has 1 aromatic carbocycles. The predicted molar refractivity (Wildman–Crippen MR) is 73.6 cm³/mol. The van der Waals surface area contributed by atoms with Gasteiger partial charge in [-0.3, -0.25) is 4.79 Å². The number of hydrogen-bond donors (Lipinski definition) is 2. The number of hydrogen-bond acceptors (Lipinski definition) is 4. The van der Waals surface area contributed by atoms with Crippen molar-refractivity contribution in [3.8, 4) is 11.3 Å². The first-order valence-electron chi connectivity index (χ1n) is 5.90. The third-order valence-corrected chi connectivity index (χ3v) is 3.94. The fourth-order valence-electron chi connectivity index (χ4n) is 2.31. The Bertz CT molecular complexity index is 681. The summed E-state index contributed by atoms with van der Waals surface area (Å²) in [6.07, 6.45) is 0.929. The minimum Gasteiger partial charge on any atom is -0.375 e. The number of nitrogens with two attached hydrogens (primary N) is 1. The molecular weight excluding hydrogens is 265 g/mol. The quantitative estimate of drug-likeness (QED) is 0.842. The maximum absolute atomic E-state index is 13.7. The van der Waals surface area contributed by atoms with Crippen molar-refractivity contribution in [3.63, 3.8) is 0 Å². The summed E-state index contributed by atoms with van der Waals surface area (Å²) in [6.45, 7) is 1.88. The topological polar surface area (TPSA) is 68.0 Å². The molecule has 2 aromatic rings. The van der Waals surface area contributed by atoms with Gasteiger partial charge in [0.1, 0.15) is 5.82 Å². The molecule has 1 aliphatic heterocycles. The highest BCUT2D eigenvalue weighted by atomic mass is 32.1. The Hall–Kier alpha value is -1.95. The predicted octanol–water partition coefficient (Wildman–Crippen LogP) is 2.72. The number of anilines is 2. The second-order valence-electron chi connectivity index (χ2n) is 4.49. The van der Waals surface area contributed by atoms with E-state index in [-0.39, 0.29) is 11.7 Å². The van der Waals surface area contributed by atoms with Crippen LogP contribution in [0.2, 0.25) is 0 Å². The number of nitrogens with one attached hydrogen (secondary N) is 1. The van der Waals surface area contributed by atoms with Crippen LogP contribution in [-0.2, 0) is 11.2 Å². The van der Waals surface area contributed by atoms with E-state index in [0.717, 1.165) is 10.4 Å². The summed E-state index contributed by atoms with van der Waals surface area (Å²) < 4.78 is 13.7. The van der Waals surface area contributed by atoms with Crippen LogP contribution in [0.3, 0.4) is 0 Å². The van der Waals surface area contributed by atoms with Gasteiger partial charge < -0.3 is 11.1 Å². The standard InChI is InChI=1S/C13H12FN3OS/c1-6-11(17-13(15)19-6)9-5-8(14)4-7-2-3-10(18)16-12(7)9/h4-5H,2-3H2,1H3,(H2,15,17)(H,16,18). The number of aryl methyl sites for hydroxylation is 2. The minimum absolute atomic E-state index is 0.0544. The monoisotopic (exact) mass is 277 g/mol. The molecule has 0 radical (unpaired) electrons. The zero-order valence-electron chi connectivity index (χ0n) is 10.3. The smallest absolute Gasteiger partial charge is 0.224 e. The lowest BCUT2D eigenvalue weighted by Gasteiger charge is -2.20. The van der Waals surface area contributed by atoms with Crippen molar-refractivity contribution in [2.45, 2.75) is 19.8 Å². The van der Waals surface area contributed by atoms with Gasteiger partial charge in [-0.1, -0.05) is 0 Å². The number of amides is 1. The first-order chi connectivity index (χ1) is 9.04. The van der Waals surface area contributed by atoms with Crippen molar-refractivity contribution in [1.29, 1.82) is 0 Å². The van der Waals surface area contributed by atoms with E-state index in [0.29, 0.717) is 34.9 Å². The molecule has 0 fully saturated rings. The van der Waals surface area contributed by atoms with Crippen LogP contribution in [0.4, 0.5) is 15.2 Å². The highest BCUT2D eigenvalue weighted by molar-refractivity contribution is 7.15. The Morgan fingerprint density at radius 1 is 1.42 bits per heavy atom.